The molecule has 1 N–H and O–H groups in total. The maximum atomic E-state index is 13.9. The molecule has 2 heterocycles. The Morgan fingerprint density at radius 2 is 1.71 bits per heavy atom. The second kappa shape index (κ2) is 6.86. The summed E-state index contributed by atoms with van der Waals surface area (Å²) < 4.78 is 39.0. The molecule has 0 spiro atoms. The van der Waals surface area contributed by atoms with Crippen LogP contribution in [0.25, 0.3) is 0 Å². The highest BCUT2D eigenvalue weighted by Crippen LogP contribution is 2.26. The van der Waals surface area contributed by atoms with Gasteiger partial charge in [-0.15, -0.1) is 0 Å². The van der Waals surface area contributed by atoms with Gasteiger partial charge in [0.05, 0.1) is 24.9 Å². The number of piperidine rings is 1. The standard InChI is InChI=1S/C15H26F2N2O2/c16-15(17,11-20-12-2-1-3-12)10-19-6-4-13(5-7-19)21-14-8-18-9-14/h12-14,18H,1-11H2. The van der Waals surface area contributed by atoms with E-state index in [1.807, 2.05) is 4.90 Å². The summed E-state index contributed by atoms with van der Waals surface area (Å²) >= 11 is 0. The Labute approximate surface area is 125 Å². The zero-order chi connectivity index (χ0) is 14.7. The van der Waals surface area contributed by atoms with E-state index >= 15 is 0 Å². The van der Waals surface area contributed by atoms with Crippen molar-refractivity contribution in [3.05, 3.63) is 0 Å². The van der Waals surface area contributed by atoms with Gasteiger partial charge in [0.15, 0.2) is 0 Å². The molecule has 0 aromatic rings. The van der Waals surface area contributed by atoms with E-state index in [9.17, 15) is 8.78 Å². The third-order valence-corrected chi connectivity index (χ3v) is 4.70. The minimum absolute atomic E-state index is 0.0751. The number of likely N-dealkylation sites (tertiary alicyclic amines) is 1. The summed E-state index contributed by atoms with van der Waals surface area (Å²) in [5.41, 5.74) is 0. The fourth-order valence-electron chi connectivity index (χ4n) is 2.98. The van der Waals surface area contributed by atoms with Crippen molar-refractivity contribution in [1.82, 2.24) is 10.2 Å². The summed E-state index contributed by atoms with van der Waals surface area (Å²) in [6.07, 6.45) is 5.36. The van der Waals surface area contributed by atoms with Crippen molar-refractivity contribution < 1.29 is 18.3 Å². The number of ether oxygens (including phenoxy) is 2. The van der Waals surface area contributed by atoms with Crippen molar-refractivity contribution in [3.8, 4) is 0 Å². The molecule has 0 radical (unpaired) electrons. The summed E-state index contributed by atoms with van der Waals surface area (Å²) in [7, 11) is 0. The predicted molar refractivity (Wildman–Crippen MR) is 75.7 cm³/mol. The highest BCUT2D eigenvalue weighted by molar-refractivity contribution is 4.82. The molecular weight excluding hydrogens is 278 g/mol. The molecule has 2 aliphatic heterocycles. The second-order valence-corrected chi connectivity index (χ2v) is 6.61. The maximum Gasteiger partial charge on any atom is 0.283 e. The van der Waals surface area contributed by atoms with Crippen molar-refractivity contribution in [2.24, 2.45) is 0 Å². The molecule has 4 nitrogen and oxygen atoms in total. The summed E-state index contributed by atoms with van der Waals surface area (Å²) in [4.78, 5) is 1.85. The molecule has 0 aromatic heterocycles. The van der Waals surface area contributed by atoms with Crippen LogP contribution in [0.5, 0.6) is 0 Å². The van der Waals surface area contributed by atoms with E-state index in [0.717, 1.165) is 45.2 Å². The van der Waals surface area contributed by atoms with Gasteiger partial charge in [0.25, 0.3) is 5.92 Å². The molecule has 0 bridgehead atoms. The van der Waals surface area contributed by atoms with Crippen molar-refractivity contribution in [1.29, 1.82) is 0 Å². The van der Waals surface area contributed by atoms with Crippen LogP contribution in [0.3, 0.4) is 0 Å². The number of nitrogens with one attached hydrogen (secondary N) is 1. The molecule has 3 rings (SSSR count). The van der Waals surface area contributed by atoms with E-state index in [1.54, 1.807) is 0 Å². The quantitative estimate of drug-likeness (QED) is 0.775. The van der Waals surface area contributed by atoms with Gasteiger partial charge in [-0.3, -0.25) is 4.90 Å². The van der Waals surface area contributed by atoms with E-state index in [2.05, 4.69) is 5.32 Å². The van der Waals surface area contributed by atoms with E-state index in [-0.39, 0.29) is 18.8 Å². The van der Waals surface area contributed by atoms with Crippen LogP contribution in [0.15, 0.2) is 0 Å². The highest BCUT2D eigenvalue weighted by atomic mass is 19.3. The number of hydrogen-bond donors (Lipinski definition) is 1. The van der Waals surface area contributed by atoms with Crippen LogP contribution in [-0.4, -0.2) is 68.5 Å². The molecule has 1 saturated carbocycles. The first-order valence-corrected chi connectivity index (χ1v) is 8.19. The summed E-state index contributed by atoms with van der Waals surface area (Å²) in [5.74, 6) is -2.73. The van der Waals surface area contributed by atoms with Crippen LogP contribution in [0.4, 0.5) is 8.78 Å². The van der Waals surface area contributed by atoms with Crippen LogP contribution in [-0.2, 0) is 9.47 Å². The first-order valence-electron chi connectivity index (χ1n) is 8.19. The predicted octanol–water partition coefficient (Wildman–Crippen LogP) is 1.64. The monoisotopic (exact) mass is 304 g/mol. The lowest BCUT2D eigenvalue weighted by Gasteiger charge is -2.38. The lowest BCUT2D eigenvalue weighted by atomic mass is 9.96. The molecule has 1 aliphatic carbocycles. The largest absolute Gasteiger partial charge is 0.372 e. The molecule has 2 saturated heterocycles. The molecule has 6 heteroatoms. The van der Waals surface area contributed by atoms with E-state index in [4.69, 9.17) is 9.47 Å². The Morgan fingerprint density at radius 1 is 1.00 bits per heavy atom. The van der Waals surface area contributed by atoms with Gasteiger partial charge < -0.3 is 14.8 Å². The lowest BCUT2D eigenvalue weighted by molar-refractivity contribution is -0.133. The Morgan fingerprint density at radius 3 is 2.24 bits per heavy atom. The molecule has 3 fully saturated rings. The SMILES string of the molecule is FC(F)(COC1CCC1)CN1CCC(OC2CNC2)CC1. The van der Waals surface area contributed by atoms with E-state index in [0.29, 0.717) is 19.2 Å². The average Bonchev–Trinajstić information content (AvgIpc) is 2.33. The molecule has 0 aromatic carbocycles. The summed E-state index contributed by atoms with van der Waals surface area (Å²) in [5, 5.41) is 3.17. The summed E-state index contributed by atoms with van der Waals surface area (Å²) in [6, 6.07) is 0. The third kappa shape index (κ3) is 4.58. The first-order chi connectivity index (χ1) is 10.1. The zero-order valence-corrected chi connectivity index (χ0v) is 12.5. The minimum atomic E-state index is -2.73. The van der Waals surface area contributed by atoms with Gasteiger partial charge >= 0.3 is 0 Å². The fraction of sp³-hybridized carbons (Fsp3) is 1.00. The van der Waals surface area contributed by atoms with Crippen LogP contribution >= 0.6 is 0 Å². The fourth-order valence-corrected chi connectivity index (χ4v) is 2.98. The Balaban J connectivity index is 1.33. The molecule has 0 amide bonds. The number of halogens is 2. The number of rotatable bonds is 7. The van der Waals surface area contributed by atoms with Gasteiger partial charge in [0.1, 0.15) is 6.61 Å². The normalized spacial score (nSPS) is 26.6. The van der Waals surface area contributed by atoms with Gasteiger partial charge in [-0.25, -0.2) is 8.78 Å². The molecule has 122 valence electrons. The van der Waals surface area contributed by atoms with E-state index < -0.39 is 12.5 Å². The van der Waals surface area contributed by atoms with Crippen LogP contribution < -0.4 is 5.32 Å². The van der Waals surface area contributed by atoms with Gasteiger partial charge in [0.2, 0.25) is 0 Å². The zero-order valence-electron chi connectivity index (χ0n) is 12.5. The smallest absolute Gasteiger partial charge is 0.283 e. The Kier molecular flexibility index (Phi) is 5.09. The third-order valence-electron chi connectivity index (χ3n) is 4.70. The molecule has 21 heavy (non-hydrogen) atoms. The van der Waals surface area contributed by atoms with Crippen LogP contribution in [0.1, 0.15) is 32.1 Å². The second-order valence-electron chi connectivity index (χ2n) is 6.61. The molecule has 0 unspecified atom stereocenters. The van der Waals surface area contributed by atoms with Gasteiger partial charge in [-0.1, -0.05) is 0 Å². The van der Waals surface area contributed by atoms with Gasteiger partial charge in [0, 0.05) is 26.2 Å². The molecule has 3 aliphatic rings. The summed E-state index contributed by atoms with van der Waals surface area (Å²) in [6.45, 7) is 2.64. The Bertz CT molecular complexity index is 328. The number of hydrogen-bond acceptors (Lipinski definition) is 4. The van der Waals surface area contributed by atoms with Gasteiger partial charge in [-0.2, -0.15) is 0 Å². The number of nitrogens with zero attached hydrogens (tertiary/aromatic N) is 1. The lowest BCUT2D eigenvalue weighted by Crippen LogP contribution is -2.52. The number of alkyl halides is 2. The molecular formula is C15H26F2N2O2. The minimum Gasteiger partial charge on any atom is -0.372 e. The van der Waals surface area contributed by atoms with Crippen molar-refractivity contribution in [2.75, 3.05) is 39.3 Å². The topological polar surface area (TPSA) is 33.7 Å². The van der Waals surface area contributed by atoms with Crippen LogP contribution in [0.2, 0.25) is 0 Å². The van der Waals surface area contributed by atoms with E-state index in [1.165, 1.54) is 0 Å². The average molecular weight is 304 g/mol. The molecule has 0 atom stereocenters. The highest BCUT2D eigenvalue weighted by Gasteiger charge is 2.36. The van der Waals surface area contributed by atoms with Crippen molar-refractivity contribution in [2.45, 2.75) is 56.3 Å². The maximum absolute atomic E-state index is 13.9. The van der Waals surface area contributed by atoms with Crippen molar-refractivity contribution in [3.63, 3.8) is 0 Å². The first kappa shape index (κ1) is 15.6. The van der Waals surface area contributed by atoms with Crippen molar-refractivity contribution >= 4 is 0 Å². The Hall–Kier alpha value is -0.300. The van der Waals surface area contributed by atoms with Gasteiger partial charge in [-0.05, 0) is 32.1 Å². The van der Waals surface area contributed by atoms with Crippen LogP contribution in [0, 0.1) is 0 Å².